The van der Waals surface area contributed by atoms with Crippen LogP contribution in [0.3, 0.4) is 0 Å². The Bertz CT molecular complexity index is 714. The van der Waals surface area contributed by atoms with E-state index in [9.17, 15) is 14.0 Å². The Kier molecular flexibility index (Phi) is 7.09. The van der Waals surface area contributed by atoms with Gasteiger partial charge in [-0.2, -0.15) is 0 Å². The summed E-state index contributed by atoms with van der Waals surface area (Å²) in [7, 11) is 0. The summed E-state index contributed by atoms with van der Waals surface area (Å²) in [5.74, 6) is -0.648. The van der Waals surface area contributed by atoms with Crippen LogP contribution in [-0.4, -0.2) is 85.2 Å². The molecule has 0 aromatic heterocycles. The molecule has 28 heavy (non-hydrogen) atoms. The molecule has 1 N–H and O–H groups in total. The average Bonchev–Trinajstić information content (AvgIpc) is 3.16. The molecule has 3 amide bonds. The van der Waals surface area contributed by atoms with Gasteiger partial charge in [0, 0.05) is 46.2 Å². The van der Waals surface area contributed by atoms with Gasteiger partial charge in [0.25, 0.3) is 0 Å². The van der Waals surface area contributed by atoms with Gasteiger partial charge in [0.2, 0.25) is 5.91 Å². The third-order valence-electron chi connectivity index (χ3n) is 5.25. The zero-order valence-corrected chi connectivity index (χ0v) is 16.8. The first-order chi connectivity index (χ1) is 13.5. The minimum atomic E-state index is -0.649. The smallest absolute Gasteiger partial charge is 0.321 e. The standard InChI is InChI=1S/C19H26ClFN4O3/c1-14(26)25(8-7-23-9-11-28-12-10-23)15-5-6-24(13-15)19(27)22-17-4-2-3-16(20)18(17)21/h2-4,15H,5-13H2,1H3,(H,22,27). The van der Waals surface area contributed by atoms with Gasteiger partial charge < -0.3 is 19.9 Å². The van der Waals surface area contributed by atoms with Crippen LogP contribution in [0.2, 0.25) is 5.02 Å². The van der Waals surface area contributed by atoms with Gasteiger partial charge in [-0.25, -0.2) is 9.18 Å². The summed E-state index contributed by atoms with van der Waals surface area (Å²) >= 11 is 5.76. The number of urea groups is 1. The summed E-state index contributed by atoms with van der Waals surface area (Å²) in [6, 6.07) is 4.06. The van der Waals surface area contributed by atoms with Crippen molar-refractivity contribution in [2.75, 3.05) is 57.8 Å². The van der Waals surface area contributed by atoms with E-state index in [1.54, 1.807) is 17.9 Å². The maximum atomic E-state index is 14.0. The Morgan fingerprint density at radius 1 is 1.32 bits per heavy atom. The molecule has 1 aromatic carbocycles. The lowest BCUT2D eigenvalue weighted by Crippen LogP contribution is -2.47. The van der Waals surface area contributed by atoms with Crippen molar-refractivity contribution in [3.05, 3.63) is 29.0 Å². The maximum absolute atomic E-state index is 14.0. The Balaban J connectivity index is 1.55. The second-order valence-corrected chi connectivity index (χ2v) is 7.49. The van der Waals surface area contributed by atoms with Crippen LogP contribution in [0.5, 0.6) is 0 Å². The van der Waals surface area contributed by atoms with Crippen molar-refractivity contribution in [2.24, 2.45) is 0 Å². The fraction of sp³-hybridized carbons (Fsp3) is 0.579. The molecule has 9 heteroatoms. The topological polar surface area (TPSA) is 65.1 Å². The van der Waals surface area contributed by atoms with Crippen molar-refractivity contribution in [2.45, 2.75) is 19.4 Å². The van der Waals surface area contributed by atoms with E-state index >= 15 is 0 Å². The van der Waals surface area contributed by atoms with Crippen molar-refractivity contribution in [3.8, 4) is 0 Å². The molecular formula is C19H26ClFN4O3. The fourth-order valence-electron chi connectivity index (χ4n) is 3.65. The summed E-state index contributed by atoms with van der Waals surface area (Å²) in [5, 5.41) is 2.53. The first kappa shape index (κ1) is 20.8. The molecule has 3 rings (SSSR count). The molecule has 0 bridgehead atoms. The number of nitrogens with zero attached hydrogens (tertiary/aromatic N) is 3. The van der Waals surface area contributed by atoms with Crippen LogP contribution in [0.25, 0.3) is 0 Å². The van der Waals surface area contributed by atoms with Crippen LogP contribution in [-0.2, 0) is 9.53 Å². The summed E-state index contributed by atoms with van der Waals surface area (Å²) in [6.07, 6.45) is 0.703. The molecule has 154 valence electrons. The number of amides is 3. The van der Waals surface area contributed by atoms with E-state index in [-0.39, 0.29) is 28.7 Å². The van der Waals surface area contributed by atoms with E-state index in [1.165, 1.54) is 12.1 Å². The molecule has 0 radical (unpaired) electrons. The lowest BCUT2D eigenvalue weighted by molar-refractivity contribution is -0.131. The van der Waals surface area contributed by atoms with Crippen molar-refractivity contribution in [1.29, 1.82) is 0 Å². The number of anilines is 1. The number of halogens is 2. The number of nitrogens with one attached hydrogen (secondary N) is 1. The number of rotatable bonds is 5. The normalized spacial score (nSPS) is 20.2. The Labute approximate surface area is 169 Å². The molecule has 0 saturated carbocycles. The van der Waals surface area contributed by atoms with Gasteiger partial charge in [0.15, 0.2) is 5.82 Å². The monoisotopic (exact) mass is 412 g/mol. The number of ether oxygens (including phenoxy) is 1. The van der Waals surface area contributed by atoms with Gasteiger partial charge in [-0.1, -0.05) is 17.7 Å². The van der Waals surface area contributed by atoms with E-state index in [0.29, 0.717) is 26.1 Å². The Morgan fingerprint density at radius 2 is 2.07 bits per heavy atom. The SMILES string of the molecule is CC(=O)N(CCN1CCOCC1)C1CCN(C(=O)Nc2cccc(Cl)c2F)C1. The molecule has 2 aliphatic heterocycles. The van der Waals surface area contributed by atoms with Crippen molar-refractivity contribution in [3.63, 3.8) is 0 Å². The van der Waals surface area contributed by atoms with Gasteiger partial charge in [-0.15, -0.1) is 0 Å². The number of hydrogen-bond acceptors (Lipinski definition) is 4. The van der Waals surface area contributed by atoms with Crippen LogP contribution >= 0.6 is 11.6 Å². The fourth-order valence-corrected chi connectivity index (χ4v) is 3.82. The molecule has 1 unspecified atom stereocenters. The van der Waals surface area contributed by atoms with Crippen molar-refractivity contribution >= 4 is 29.2 Å². The predicted molar refractivity (Wildman–Crippen MR) is 105 cm³/mol. The zero-order valence-electron chi connectivity index (χ0n) is 16.0. The van der Waals surface area contributed by atoms with Gasteiger partial charge in [-0.3, -0.25) is 9.69 Å². The zero-order chi connectivity index (χ0) is 20.1. The van der Waals surface area contributed by atoms with Crippen LogP contribution in [0.15, 0.2) is 18.2 Å². The maximum Gasteiger partial charge on any atom is 0.321 e. The minimum Gasteiger partial charge on any atom is -0.379 e. The van der Waals surface area contributed by atoms with Crippen LogP contribution < -0.4 is 5.32 Å². The van der Waals surface area contributed by atoms with E-state index in [2.05, 4.69) is 10.2 Å². The molecule has 1 aromatic rings. The van der Waals surface area contributed by atoms with Gasteiger partial charge in [0.05, 0.1) is 30.0 Å². The van der Waals surface area contributed by atoms with Crippen LogP contribution in [0, 0.1) is 5.82 Å². The highest BCUT2D eigenvalue weighted by molar-refractivity contribution is 6.31. The summed E-state index contributed by atoms with van der Waals surface area (Å²) in [5.41, 5.74) is 0.0525. The highest BCUT2D eigenvalue weighted by Gasteiger charge is 2.32. The average molecular weight is 413 g/mol. The summed E-state index contributed by atoms with van der Waals surface area (Å²) < 4.78 is 19.4. The summed E-state index contributed by atoms with van der Waals surface area (Å²) in [6.45, 7) is 7.10. The molecule has 0 spiro atoms. The number of hydrogen-bond donors (Lipinski definition) is 1. The first-order valence-corrected chi connectivity index (χ1v) is 9.90. The third kappa shape index (κ3) is 5.12. The van der Waals surface area contributed by atoms with E-state index in [0.717, 1.165) is 32.8 Å². The van der Waals surface area contributed by atoms with E-state index in [1.807, 2.05) is 4.90 Å². The minimum absolute atomic E-state index is 0.00130. The third-order valence-corrected chi connectivity index (χ3v) is 5.54. The Hall–Kier alpha value is -1.90. The highest BCUT2D eigenvalue weighted by Crippen LogP contribution is 2.23. The van der Waals surface area contributed by atoms with Crippen LogP contribution in [0.4, 0.5) is 14.9 Å². The largest absolute Gasteiger partial charge is 0.379 e. The van der Waals surface area contributed by atoms with Crippen LogP contribution in [0.1, 0.15) is 13.3 Å². The molecule has 1 atom stereocenters. The lowest BCUT2D eigenvalue weighted by atomic mass is 10.2. The molecule has 2 saturated heterocycles. The van der Waals surface area contributed by atoms with Gasteiger partial charge in [-0.05, 0) is 18.6 Å². The molecule has 7 nitrogen and oxygen atoms in total. The van der Waals surface area contributed by atoms with Crippen molar-refractivity contribution < 1.29 is 18.7 Å². The van der Waals surface area contributed by atoms with E-state index < -0.39 is 5.82 Å². The quantitative estimate of drug-likeness (QED) is 0.805. The molecule has 2 aliphatic rings. The summed E-state index contributed by atoms with van der Waals surface area (Å²) in [4.78, 5) is 30.4. The second-order valence-electron chi connectivity index (χ2n) is 7.09. The molecule has 2 fully saturated rings. The number of carbonyl (C=O) groups is 2. The number of carbonyl (C=O) groups excluding carboxylic acids is 2. The second kappa shape index (κ2) is 9.54. The lowest BCUT2D eigenvalue weighted by Gasteiger charge is -2.32. The number of likely N-dealkylation sites (tertiary alicyclic amines) is 1. The van der Waals surface area contributed by atoms with Gasteiger partial charge in [0.1, 0.15) is 0 Å². The number of morpholine rings is 1. The predicted octanol–water partition coefficient (Wildman–Crippen LogP) is 2.27. The number of benzene rings is 1. The molecule has 2 heterocycles. The van der Waals surface area contributed by atoms with Gasteiger partial charge >= 0.3 is 6.03 Å². The molecule has 0 aliphatic carbocycles. The Morgan fingerprint density at radius 3 is 2.79 bits per heavy atom. The highest BCUT2D eigenvalue weighted by atomic mass is 35.5. The van der Waals surface area contributed by atoms with E-state index in [4.69, 9.17) is 16.3 Å². The first-order valence-electron chi connectivity index (χ1n) is 9.53. The van der Waals surface area contributed by atoms with Crippen molar-refractivity contribution in [1.82, 2.24) is 14.7 Å². The molecular weight excluding hydrogens is 387 g/mol.